The third-order valence-electron chi connectivity index (χ3n) is 3.03. The summed E-state index contributed by atoms with van der Waals surface area (Å²) >= 11 is 6.00. The second-order valence-corrected chi connectivity index (χ2v) is 5.06. The zero-order valence-electron chi connectivity index (χ0n) is 12.0. The van der Waals surface area contributed by atoms with Crippen LogP contribution < -0.4 is 10.6 Å². The van der Waals surface area contributed by atoms with Crippen molar-refractivity contribution < 1.29 is 9.21 Å². The molecule has 0 aliphatic heterocycles. The highest BCUT2D eigenvalue weighted by Crippen LogP contribution is 2.20. The number of amides is 1. The molecule has 0 fully saturated rings. The predicted molar refractivity (Wildman–Crippen MR) is 87.5 cm³/mol. The van der Waals surface area contributed by atoms with E-state index in [1.807, 2.05) is 12.1 Å². The van der Waals surface area contributed by atoms with Crippen molar-refractivity contribution in [1.29, 1.82) is 0 Å². The van der Waals surface area contributed by atoms with Crippen LogP contribution in [0.1, 0.15) is 16.2 Å². The summed E-state index contributed by atoms with van der Waals surface area (Å²) in [4.78, 5) is 20.4. The molecule has 7 heteroatoms. The first kappa shape index (κ1) is 15.1. The fourth-order valence-corrected chi connectivity index (χ4v) is 2.06. The minimum absolute atomic E-state index is 0.202. The number of carbonyl (C=O) groups excluding carboxylic acids is 1. The number of carbonyl (C=O) groups is 1. The van der Waals surface area contributed by atoms with Gasteiger partial charge in [-0.25, -0.2) is 9.97 Å². The fraction of sp³-hybridized carbons (Fsp3) is 0.0625. The van der Waals surface area contributed by atoms with Gasteiger partial charge >= 0.3 is 0 Å². The van der Waals surface area contributed by atoms with Crippen LogP contribution in [0, 0.1) is 0 Å². The van der Waals surface area contributed by atoms with Gasteiger partial charge in [0.25, 0.3) is 5.91 Å². The molecule has 2 heterocycles. The molecule has 6 nitrogen and oxygen atoms in total. The molecule has 3 aromatic rings. The van der Waals surface area contributed by atoms with Crippen molar-refractivity contribution in [3.8, 4) is 0 Å². The molecule has 0 atom stereocenters. The molecule has 0 radical (unpaired) electrons. The van der Waals surface area contributed by atoms with E-state index in [0.29, 0.717) is 23.1 Å². The molecule has 2 N–H and O–H groups in total. The highest BCUT2D eigenvalue weighted by atomic mass is 35.5. The van der Waals surface area contributed by atoms with Crippen LogP contribution >= 0.6 is 11.6 Å². The number of benzene rings is 1. The van der Waals surface area contributed by atoms with E-state index in [9.17, 15) is 4.79 Å². The Morgan fingerprint density at radius 1 is 1.13 bits per heavy atom. The summed E-state index contributed by atoms with van der Waals surface area (Å²) in [6.07, 6.45) is 4.49. The van der Waals surface area contributed by atoms with Gasteiger partial charge in [0.1, 0.15) is 17.3 Å². The Kier molecular flexibility index (Phi) is 4.54. The molecular formula is C16H13ClN4O2. The summed E-state index contributed by atoms with van der Waals surface area (Å²) in [5, 5.41) is 6.21. The van der Waals surface area contributed by atoms with Crippen molar-refractivity contribution in [2.24, 2.45) is 0 Å². The van der Waals surface area contributed by atoms with Crippen LogP contribution in [-0.4, -0.2) is 15.9 Å². The lowest BCUT2D eigenvalue weighted by molar-refractivity contribution is 0.102. The Bertz CT molecular complexity index is 788. The van der Waals surface area contributed by atoms with E-state index in [2.05, 4.69) is 20.6 Å². The normalized spacial score (nSPS) is 10.3. The van der Waals surface area contributed by atoms with Gasteiger partial charge in [0.2, 0.25) is 0 Å². The van der Waals surface area contributed by atoms with Gasteiger partial charge in [0, 0.05) is 0 Å². The third-order valence-corrected chi connectivity index (χ3v) is 3.36. The Morgan fingerprint density at radius 2 is 2.00 bits per heavy atom. The average Bonchev–Trinajstić information content (AvgIpc) is 3.09. The molecule has 0 saturated heterocycles. The number of nitrogens with one attached hydrogen (secondary N) is 2. The first-order chi connectivity index (χ1) is 11.2. The number of anilines is 2. The summed E-state index contributed by atoms with van der Waals surface area (Å²) in [5.41, 5.74) is 0.731. The van der Waals surface area contributed by atoms with Gasteiger partial charge in [0.15, 0.2) is 0 Å². The summed E-state index contributed by atoms with van der Waals surface area (Å²) in [6, 6.07) is 10.7. The maximum Gasteiger partial charge on any atom is 0.275 e. The van der Waals surface area contributed by atoms with Crippen LogP contribution in [-0.2, 0) is 6.54 Å². The zero-order valence-corrected chi connectivity index (χ0v) is 12.7. The van der Waals surface area contributed by atoms with Crippen molar-refractivity contribution in [3.63, 3.8) is 0 Å². The second kappa shape index (κ2) is 6.93. The van der Waals surface area contributed by atoms with E-state index in [1.165, 1.54) is 12.4 Å². The largest absolute Gasteiger partial charge is 0.467 e. The van der Waals surface area contributed by atoms with E-state index in [-0.39, 0.29) is 11.6 Å². The van der Waals surface area contributed by atoms with Gasteiger partial charge in [-0.15, -0.1) is 0 Å². The third kappa shape index (κ3) is 3.87. The Hall–Kier alpha value is -2.86. The molecule has 23 heavy (non-hydrogen) atoms. The molecule has 1 aromatic carbocycles. The molecule has 2 aromatic heterocycles. The molecule has 1 amide bonds. The number of furan rings is 1. The second-order valence-electron chi connectivity index (χ2n) is 4.65. The molecular weight excluding hydrogens is 316 g/mol. The Balaban J connectivity index is 1.62. The van der Waals surface area contributed by atoms with E-state index in [1.54, 1.807) is 30.5 Å². The summed E-state index contributed by atoms with van der Waals surface area (Å²) in [6.45, 7) is 0.493. The van der Waals surface area contributed by atoms with Crippen LogP contribution in [0.25, 0.3) is 0 Å². The summed E-state index contributed by atoms with van der Waals surface area (Å²) in [5.74, 6) is 0.964. The van der Waals surface area contributed by atoms with Crippen LogP contribution in [0.3, 0.4) is 0 Å². The molecule has 0 saturated carbocycles. The lowest BCUT2D eigenvalue weighted by Gasteiger charge is -2.07. The SMILES string of the molecule is O=C(Nc1ccccc1Cl)c1cnc(NCc2ccco2)cn1. The van der Waals surface area contributed by atoms with Gasteiger partial charge in [-0.1, -0.05) is 23.7 Å². The standard InChI is InChI=1S/C16H13ClN4O2/c17-12-5-1-2-6-13(12)21-16(22)14-9-20-15(10-18-14)19-8-11-4-3-7-23-11/h1-7,9-10H,8H2,(H,19,20)(H,21,22). The molecule has 3 rings (SSSR count). The van der Waals surface area contributed by atoms with Crippen LogP contribution in [0.15, 0.2) is 59.5 Å². The topological polar surface area (TPSA) is 80.0 Å². The number of hydrogen-bond donors (Lipinski definition) is 2. The first-order valence-electron chi connectivity index (χ1n) is 6.86. The van der Waals surface area contributed by atoms with Crippen molar-refractivity contribution in [1.82, 2.24) is 9.97 Å². The maximum atomic E-state index is 12.1. The minimum atomic E-state index is -0.372. The van der Waals surface area contributed by atoms with Gasteiger partial charge in [0.05, 0.1) is 35.9 Å². The number of aromatic nitrogens is 2. The molecule has 0 unspecified atom stereocenters. The van der Waals surface area contributed by atoms with Gasteiger partial charge in [-0.05, 0) is 24.3 Å². The summed E-state index contributed by atoms with van der Waals surface area (Å²) < 4.78 is 5.21. The predicted octanol–water partition coefficient (Wildman–Crippen LogP) is 3.59. The van der Waals surface area contributed by atoms with E-state index in [4.69, 9.17) is 16.0 Å². The molecule has 0 bridgehead atoms. The van der Waals surface area contributed by atoms with Crippen LogP contribution in [0.2, 0.25) is 5.02 Å². The molecule has 0 aliphatic rings. The highest BCUT2D eigenvalue weighted by molar-refractivity contribution is 6.33. The number of para-hydroxylation sites is 1. The lowest BCUT2D eigenvalue weighted by atomic mass is 10.3. The van der Waals surface area contributed by atoms with E-state index >= 15 is 0 Å². The molecule has 0 spiro atoms. The average molecular weight is 329 g/mol. The van der Waals surface area contributed by atoms with Crippen molar-refractivity contribution in [3.05, 3.63) is 71.5 Å². The van der Waals surface area contributed by atoms with Crippen LogP contribution in [0.5, 0.6) is 0 Å². The summed E-state index contributed by atoms with van der Waals surface area (Å²) in [7, 11) is 0. The zero-order chi connectivity index (χ0) is 16.1. The molecule has 0 aliphatic carbocycles. The lowest BCUT2D eigenvalue weighted by Crippen LogP contribution is -2.14. The van der Waals surface area contributed by atoms with Crippen molar-refractivity contribution >= 4 is 29.0 Å². The maximum absolute atomic E-state index is 12.1. The van der Waals surface area contributed by atoms with E-state index in [0.717, 1.165) is 5.76 Å². The van der Waals surface area contributed by atoms with Gasteiger partial charge < -0.3 is 15.1 Å². The van der Waals surface area contributed by atoms with Gasteiger partial charge in [-0.3, -0.25) is 4.79 Å². The number of halogens is 1. The highest BCUT2D eigenvalue weighted by Gasteiger charge is 2.10. The smallest absolute Gasteiger partial charge is 0.275 e. The number of rotatable bonds is 5. The minimum Gasteiger partial charge on any atom is -0.467 e. The number of hydrogen-bond acceptors (Lipinski definition) is 5. The Labute approximate surface area is 137 Å². The van der Waals surface area contributed by atoms with Crippen molar-refractivity contribution in [2.75, 3.05) is 10.6 Å². The van der Waals surface area contributed by atoms with E-state index < -0.39 is 0 Å². The monoisotopic (exact) mass is 328 g/mol. The fourth-order valence-electron chi connectivity index (χ4n) is 1.88. The molecule has 116 valence electrons. The van der Waals surface area contributed by atoms with Crippen LogP contribution in [0.4, 0.5) is 11.5 Å². The van der Waals surface area contributed by atoms with Crippen molar-refractivity contribution in [2.45, 2.75) is 6.54 Å². The first-order valence-corrected chi connectivity index (χ1v) is 7.24. The number of nitrogens with zero attached hydrogens (tertiary/aromatic N) is 2. The van der Waals surface area contributed by atoms with Gasteiger partial charge in [-0.2, -0.15) is 0 Å². The quantitative estimate of drug-likeness (QED) is 0.748. The Morgan fingerprint density at radius 3 is 2.70 bits per heavy atom.